The first kappa shape index (κ1) is 18.7. The molecule has 1 unspecified atom stereocenters. The van der Waals surface area contributed by atoms with Crippen LogP contribution in [0.15, 0.2) is 53.3 Å². The molecule has 1 aromatic carbocycles. The van der Waals surface area contributed by atoms with Gasteiger partial charge in [-0.2, -0.15) is 4.98 Å². The second-order valence-electron chi connectivity index (χ2n) is 7.40. The quantitative estimate of drug-likeness (QED) is 0.458. The third-order valence-corrected chi connectivity index (χ3v) is 5.50. The van der Waals surface area contributed by atoms with Crippen molar-refractivity contribution in [1.82, 2.24) is 29.9 Å². The molecule has 8 nitrogen and oxygen atoms in total. The van der Waals surface area contributed by atoms with Gasteiger partial charge >= 0.3 is 0 Å². The molecule has 0 amide bonds. The maximum atomic E-state index is 6.10. The normalized spacial score (nSPS) is 14.6. The Labute approximate surface area is 178 Å². The third kappa shape index (κ3) is 3.43. The maximum Gasteiger partial charge on any atom is 0.249 e. The molecule has 1 aliphatic rings. The molecule has 1 saturated carbocycles. The number of halogens is 1. The lowest BCUT2D eigenvalue weighted by atomic mass is 10.2. The van der Waals surface area contributed by atoms with Crippen LogP contribution in [0.1, 0.15) is 31.7 Å². The molecule has 152 valence electrons. The number of aromatic nitrogens is 6. The average molecular weight is 422 g/mol. The summed E-state index contributed by atoms with van der Waals surface area (Å²) < 4.78 is 7.62. The summed E-state index contributed by atoms with van der Waals surface area (Å²) in [5.41, 5.74) is 1.79. The highest BCUT2D eigenvalue weighted by atomic mass is 35.5. The molecule has 5 rings (SSSR count). The second kappa shape index (κ2) is 7.53. The smallest absolute Gasteiger partial charge is 0.249 e. The van der Waals surface area contributed by atoms with Crippen LogP contribution in [0.3, 0.4) is 0 Å². The van der Waals surface area contributed by atoms with Crippen molar-refractivity contribution < 1.29 is 4.52 Å². The van der Waals surface area contributed by atoms with Gasteiger partial charge in [-0.1, -0.05) is 28.9 Å². The standard InChI is InChI=1S/C21H20ClN7O/c1-13(20-24-18(27-30-20)15-4-3-5-16(22)12-15)29(17-6-7-17)21-26-25-19(28(21)2)14-8-10-23-11-9-14/h3-5,8-13,17H,6-7H2,1-2H3. The fourth-order valence-electron chi connectivity index (χ4n) is 3.57. The molecule has 1 fully saturated rings. The Morgan fingerprint density at radius 2 is 1.93 bits per heavy atom. The van der Waals surface area contributed by atoms with Crippen LogP contribution >= 0.6 is 11.6 Å². The molecule has 30 heavy (non-hydrogen) atoms. The van der Waals surface area contributed by atoms with Crippen molar-refractivity contribution in [3.05, 3.63) is 59.7 Å². The zero-order chi connectivity index (χ0) is 20.7. The maximum absolute atomic E-state index is 6.10. The van der Waals surface area contributed by atoms with Gasteiger partial charge in [-0.25, -0.2) is 0 Å². The summed E-state index contributed by atoms with van der Waals surface area (Å²) in [6.07, 6.45) is 5.69. The SMILES string of the molecule is CC(c1nc(-c2cccc(Cl)c2)no1)N(c1nnc(-c2ccncc2)n1C)C1CC1. The minimum absolute atomic E-state index is 0.147. The molecular formula is C21H20ClN7O. The summed E-state index contributed by atoms with van der Waals surface area (Å²) >= 11 is 6.10. The van der Waals surface area contributed by atoms with E-state index in [4.69, 9.17) is 16.1 Å². The Bertz CT molecular complexity index is 1170. The monoisotopic (exact) mass is 421 g/mol. The molecule has 4 aromatic rings. The topological polar surface area (TPSA) is 85.8 Å². The van der Waals surface area contributed by atoms with Gasteiger partial charge in [-0.3, -0.25) is 9.55 Å². The molecule has 0 radical (unpaired) electrons. The number of hydrogen-bond acceptors (Lipinski definition) is 7. The molecular weight excluding hydrogens is 402 g/mol. The van der Waals surface area contributed by atoms with Crippen molar-refractivity contribution in [3.8, 4) is 22.8 Å². The highest BCUT2D eigenvalue weighted by molar-refractivity contribution is 6.30. The van der Waals surface area contributed by atoms with E-state index in [-0.39, 0.29) is 6.04 Å². The number of pyridine rings is 1. The minimum atomic E-state index is -0.147. The first-order valence-corrected chi connectivity index (χ1v) is 10.2. The number of nitrogens with zero attached hydrogens (tertiary/aromatic N) is 7. The molecule has 3 aromatic heterocycles. The van der Waals surface area contributed by atoms with Crippen LogP contribution < -0.4 is 4.90 Å². The van der Waals surface area contributed by atoms with E-state index in [1.807, 2.05) is 54.9 Å². The van der Waals surface area contributed by atoms with Gasteiger partial charge in [-0.05, 0) is 44.0 Å². The number of hydrogen-bond donors (Lipinski definition) is 0. The fraction of sp³-hybridized carbons (Fsp3) is 0.286. The Balaban J connectivity index is 1.47. The Hall–Kier alpha value is -3.26. The number of rotatable bonds is 6. The molecule has 0 saturated heterocycles. The lowest BCUT2D eigenvalue weighted by Crippen LogP contribution is -2.31. The first-order valence-electron chi connectivity index (χ1n) is 9.79. The van der Waals surface area contributed by atoms with Crippen LogP contribution in [0, 0.1) is 0 Å². The van der Waals surface area contributed by atoms with Crippen LogP contribution in [-0.4, -0.2) is 35.9 Å². The van der Waals surface area contributed by atoms with E-state index in [0.717, 1.165) is 35.7 Å². The van der Waals surface area contributed by atoms with Crippen molar-refractivity contribution in [2.75, 3.05) is 4.90 Å². The lowest BCUT2D eigenvalue weighted by Gasteiger charge is -2.27. The van der Waals surface area contributed by atoms with Gasteiger partial charge in [0.25, 0.3) is 0 Å². The van der Waals surface area contributed by atoms with Gasteiger partial charge in [0.05, 0.1) is 0 Å². The second-order valence-corrected chi connectivity index (χ2v) is 7.84. The third-order valence-electron chi connectivity index (χ3n) is 5.26. The predicted molar refractivity (Wildman–Crippen MR) is 113 cm³/mol. The van der Waals surface area contributed by atoms with E-state index in [2.05, 4.69) is 30.2 Å². The van der Waals surface area contributed by atoms with E-state index >= 15 is 0 Å². The molecule has 0 spiro atoms. The van der Waals surface area contributed by atoms with Gasteiger partial charge in [0.15, 0.2) is 5.82 Å². The van der Waals surface area contributed by atoms with Crippen molar-refractivity contribution in [2.24, 2.45) is 7.05 Å². The Morgan fingerprint density at radius 1 is 1.13 bits per heavy atom. The molecule has 0 N–H and O–H groups in total. The van der Waals surface area contributed by atoms with Crippen molar-refractivity contribution in [2.45, 2.75) is 31.8 Å². The largest absolute Gasteiger partial charge is 0.337 e. The van der Waals surface area contributed by atoms with Crippen LogP contribution in [0.25, 0.3) is 22.8 Å². The number of benzene rings is 1. The van der Waals surface area contributed by atoms with E-state index in [1.54, 1.807) is 12.4 Å². The fourth-order valence-corrected chi connectivity index (χ4v) is 3.76. The van der Waals surface area contributed by atoms with Crippen LogP contribution in [-0.2, 0) is 7.05 Å². The zero-order valence-corrected chi connectivity index (χ0v) is 17.4. The van der Waals surface area contributed by atoms with Crippen LogP contribution in [0.5, 0.6) is 0 Å². The Kier molecular flexibility index (Phi) is 4.71. The van der Waals surface area contributed by atoms with E-state index in [0.29, 0.717) is 22.8 Å². The van der Waals surface area contributed by atoms with Gasteiger partial charge in [-0.15, -0.1) is 10.2 Å². The van der Waals surface area contributed by atoms with Gasteiger partial charge in [0.1, 0.15) is 6.04 Å². The zero-order valence-electron chi connectivity index (χ0n) is 16.6. The molecule has 3 heterocycles. The summed E-state index contributed by atoms with van der Waals surface area (Å²) in [5, 5.41) is 13.7. The van der Waals surface area contributed by atoms with Gasteiger partial charge in [0.2, 0.25) is 17.7 Å². The molecule has 0 bridgehead atoms. The number of anilines is 1. The van der Waals surface area contributed by atoms with Crippen LogP contribution in [0.2, 0.25) is 5.02 Å². The Morgan fingerprint density at radius 3 is 2.67 bits per heavy atom. The van der Waals surface area contributed by atoms with E-state index in [1.165, 1.54) is 0 Å². The van der Waals surface area contributed by atoms with Crippen LogP contribution in [0.4, 0.5) is 5.95 Å². The van der Waals surface area contributed by atoms with Crippen molar-refractivity contribution >= 4 is 17.5 Å². The summed E-state index contributed by atoms with van der Waals surface area (Å²) in [6, 6.07) is 11.5. The molecule has 0 aliphatic heterocycles. The first-order chi connectivity index (χ1) is 14.6. The van der Waals surface area contributed by atoms with Crippen molar-refractivity contribution in [1.29, 1.82) is 0 Å². The summed E-state index contributed by atoms with van der Waals surface area (Å²) in [4.78, 5) is 10.9. The predicted octanol–water partition coefficient (Wildman–Crippen LogP) is 4.31. The highest BCUT2D eigenvalue weighted by Gasteiger charge is 2.38. The highest BCUT2D eigenvalue weighted by Crippen LogP contribution is 2.38. The summed E-state index contributed by atoms with van der Waals surface area (Å²) in [6.45, 7) is 2.05. The van der Waals surface area contributed by atoms with E-state index < -0.39 is 0 Å². The lowest BCUT2D eigenvalue weighted by molar-refractivity contribution is 0.352. The molecule has 9 heteroatoms. The summed E-state index contributed by atoms with van der Waals surface area (Å²) in [7, 11) is 1.97. The van der Waals surface area contributed by atoms with Gasteiger partial charge in [0, 0.05) is 41.6 Å². The van der Waals surface area contributed by atoms with Crippen molar-refractivity contribution in [3.63, 3.8) is 0 Å². The molecule has 1 aliphatic carbocycles. The van der Waals surface area contributed by atoms with Gasteiger partial charge < -0.3 is 9.42 Å². The molecule has 1 atom stereocenters. The van der Waals surface area contributed by atoms with E-state index in [9.17, 15) is 0 Å². The minimum Gasteiger partial charge on any atom is -0.337 e. The summed E-state index contributed by atoms with van der Waals surface area (Å²) in [5.74, 6) is 2.62. The average Bonchev–Trinajstić information content (AvgIpc) is 3.34.